The highest BCUT2D eigenvalue weighted by Crippen LogP contribution is 2.42. The maximum absolute atomic E-state index is 12.3. The number of benzene rings is 2. The molecule has 0 heterocycles. The molecule has 2 aromatic carbocycles. The Kier molecular flexibility index (Phi) is 3.55. The standard InChI is InChI=1S/C18H18O2/c1-2-20-18(19)16-12-14-10-6-7-11-15(14)17(16)13-8-4-3-5-9-13/h3-11,16-17H,2,12H2,1H3/t16-,17?/m1/s1. The van der Waals surface area contributed by atoms with Crippen LogP contribution in [-0.4, -0.2) is 12.6 Å². The van der Waals surface area contributed by atoms with E-state index in [-0.39, 0.29) is 17.8 Å². The average Bonchev–Trinajstić information content (AvgIpc) is 2.88. The van der Waals surface area contributed by atoms with Crippen LogP contribution in [0.1, 0.15) is 29.5 Å². The quantitative estimate of drug-likeness (QED) is 0.794. The van der Waals surface area contributed by atoms with Crippen LogP contribution in [-0.2, 0) is 16.0 Å². The largest absolute Gasteiger partial charge is 0.466 e. The molecule has 20 heavy (non-hydrogen) atoms. The molecule has 0 fully saturated rings. The Hall–Kier alpha value is -2.09. The first-order chi connectivity index (χ1) is 9.81. The predicted octanol–water partition coefficient (Wildman–Crippen LogP) is 3.55. The monoisotopic (exact) mass is 266 g/mol. The molecule has 0 saturated heterocycles. The Morgan fingerprint density at radius 3 is 2.55 bits per heavy atom. The van der Waals surface area contributed by atoms with Crippen molar-refractivity contribution < 1.29 is 9.53 Å². The van der Waals surface area contributed by atoms with Gasteiger partial charge in [0.2, 0.25) is 0 Å². The molecule has 2 heteroatoms. The summed E-state index contributed by atoms with van der Waals surface area (Å²) in [6.07, 6.45) is 0.772. The van der Waals surface area contributed by atoms with Crippen molar-refractivity contribution in [1.29, 1.82) is 0 Å². The predicted molar refractivity (Wildman–Crippen MR) is 78.6 cm³/mol. The van der Waals surface area contributed by atoms with Crippen molar-refractivity contribution in [3.05, 3.63) is 71.3 Å². The van der Waals surface area contributed by atoms with Gasteiger partial charge in [-0.2, -0.15) is 0 Å². The zero-order valence-corrected chi connectivity index (χ0v) is 11.6. The SMILES string of the molecule is CCOC(=O)[C@@H]1Cc2ccccc2C1c1ccccc1. The lowest BCUT2D eigenvalue weighted by molar-refractivity contribution is -0.148. The van der Waals surface area contributed by atoms with Gasteiger partial charge >= 0.3 is 5.97 Å². The van der Waals surface area contributed by atoms with Crippen molar-refractivity contribution in [3.63, 3.8) is 0 Å². The second kappa shape index (κ2) is 5.49. The molecule has 1 aliphatic carbocycles. The minimum Gasteiger partial charge on any atom is -0.466 e. The summed E-state index contributed by atoms with van der Waals surface area (Å²) >= 11 is 0. The topological polar surface area (TPSA) is 26.3 Å². The number of esters is 1. The van der Waals surface area contributed by atoms with Crippen LogP contribution in [0.15, 0.2) is 54.6 Å². The number of carbonyl (C=O) groups excluding carboxylic acids is 1. The van der Waals surface area contributed by atoms with E-state index in [1.165, 1.54) is 16.7 Å². The maximum atomic E-state index is 12.3. The highest BCUT2D eigenvalue weighted by Gasteiger charge is 2.38. The number of carbonyl (C=O) groups is 1. The van der Waals surface area contributed by atoms with Gasteiger partial charge in [-0.05, 0) is 30.0 Å². The molecule has 1 unspecified atom stereocenters. The molecule has 2 atom stereocenters. The van der Waals surface area contributed by atoms with Crippen molar-refractivity contribution in [2.45, 2.75) is 19.3 Å². The molecule has 0 aromatic heterocycles. The minimum atomic E-state index is -0.102. The molecular weight excluding hydrogens is 248 g/mol. The number of hydrogen-bond donors (Lipinski definition) is 0. The lowest BCUT2D eigenvalue weighted by Crippen LogP contribution is -2.22. The van der Waals surface area contributed by atoms with Crippen molar-refractivity contribution in [2.75, 3.05) is 6.61 Å². The smallest absolute Gasteiger partial charge is 0.310 e. The van der Waals surface area contributed by atoms with Crippen LogP contribution in [0.5, 0.6) is 0 Å². The van der Waals surface area contributed by atoms with E-state index in [0.717, 1.165) is 6.42 Å². The van der Waals surface area contributed by atoms with Crippen molar-refractivity contribution in [1.82, 2.24) is 0 Å². The average molecular weight is 266 g/mol. The molecule has 2 nitrogen and oxygen atoms in total. The fourth-order valence-electron chi connectivity index (χ4n) is 3.14. The van der Waals surface area contributed by atoms with Gasteiger partial charge < -0.3 is 4.74 Å². The van der Waals surface area contributed by atoms with Gasteiger partial charge in [-0.25, -0.2) is 0 Å². The van der Waals surface area contributed by atoms with Gasteiger partial charge in [-0.15, -0.1) is 0 Å². The van der Waals surface area contributed by atoms with Crippen molar-refractivity contribution in [2.24, 2.45) is 5.92 Å². The fraction of sp³-hybridized carbons (Fsp3) is 0.278. The normalized spacial score (nSPS) is 20.4. The lowest BCUT2D eigenvalue weighted by Gasteiger charge is -2.19. The molecule has 0 amide bonds. The lowest BCUT2D eigenvalue weighted by atomic mass is 9.86. The summed E-state index contributed by atoms with van der Waals surface area (Å²) in [6.45, 7) is 2.30. The van der Waals surface area contributed by atoms with Crippen molar-refractivity contribution in [3.8, 4) is 0 Å². The van der Waals surface area contributed by atoms with Gasteiger partial charge in [0.15, 0.2) is 0 Å². The van der Waals surface area contributed by atoms with Gasteiger partial charge in [-0.1, -0.05) is 54.6 Å². The fourth-order valence-corrected chi connectivity index (χ4v) is 3.14. The Morgan fingerprint density at radius 2 is 1.80 bits per heavy atom. The van der Waals surface area contributed by atoms with Gasteiger partial charge in [0.25, 0.3) is 0 Å². The van der Waals surface area contributed by atoms with Crippen LogP contribution in [0.2, 0.25) is 0 Å². The van der Waals surface area contributed by atoms with Crippen LogP contribution < -0.4 is 0 Å². The van der Waals surface area contributed by atoms with E-state index >= 15 is 0 Å². The summed E-state index contributed by atoms with van der Waals surface area (Å²) in [5.41, 5.74) is 3.71. The van der Waals surface area contributed by atoms with E-state index in [4.69, 9.17) is 4.74 Å². The Labute approximate surface area is 119 Å². The van der Waals surface area contributed by atoms with E-state index in [0.29, 0.717) is 6.61 Å². The molecule has 0 saturated carbocycles. The molecule has 1 aliphatic rings. The first-order valence-corrected chi connectivity index (χ1v) is 7.10. The first kappa shape index (κ1) is 12.9. The second-order valence-electron chi connectivity index (χ2n) is 5.15. The highest BCUT2D eigenvalue weighted by atomic mass is 16.5. The summed E-state index contributed by atoms with van der Waals surface area (Å²) in [5, 5.41) is 0. The Morgan fingerprint density at radius 1 is 1.10 bits per heavy atom. The van der Waals surface area contributed by atoms with Crippen LogP contribution in [0.25, 0.3) is 0 Å². The van der Waals surface area contributed by atoms with Gasteiger partial charge in [0, 0.05) is 5.92 Å². The number of rotatable bonds is 3. The maximum Gasteiger partial charge on any atom is 0.310 e. The zero-order chi connectivity index (χ0) is 13.9. The third-order valence-electron chi connectivity index (χ3n) is 3.98. The first-order valence-electron chi connectivity index (χ1n) is 7.10. The molecule has 3 rings (SSSR count). The van der Waals surface area contributed by atoms with Gasteiger partial charge in [-0.3, -0.25) is 4.79 Å². The van der Waals surface area contributed by atoms with Gasteiger partial charge in [0.1, 0.15) is 0 Å². The third kappa shape index (κ3) is 2.22. The summed E-state index contributed by atoms with van der Waals surface area (Å²) in [7, 11) is 0. The summed E-state index contributed by atoms with van der Waals surface area (Å²) in [4.78, 5) is 12.3. The molecule has 0 bridgehead atoms. The minimum absolute atomic E-state index is 0.0856. The van der Waals surface area contributed by atoms with Crippen molar-refractivity contribution >= 4 is 5.97 Å². The third-order valence-corrected chi connectivity index (χ3v) is 3.98. The zero-order valence-electron chi connectivity index (χ0n) is 11.6. The van der Waals surface area contributed by atoms with Crippen LogP contribution in [0.4, 0.5) is 0 Å². The van der Waals surface area contributed by atoms with E-state index in [9.17, 15) is 4.79 Å². The summed E-state index contributed by atoms with van der Waals surface area (Å²) in [5.74, 6) is -0.0706. The second-order valence-corrected chi connectivity index (χ2v) is 5.15. The molecule has 2 aromatic rings. The van der Waals surface area contributed by atoms with E-state index in [1.807, 2.05) is 37.3 Å². The van der Waals surface area contributed by atoms with Crippen LogP contribution in [0, 0.1) is 5.92 Å². The molecule has 0 radical (unpaired) electrons. The highest BCUT2D eigenvalue weighted by molar-refractivity contribution is 5.77. The van der Waals surface area contributed by atoms with E-state index < -0.39 is 0 Å². The van der Waals surface area contributed by atoms with Crippen LogP contribution >= 0.6 is 0 Å². The molecule has 102 valence electrons. The Bertz CT molecular complexity index is 604. The molecular formula is C18H18O2. The number of fused-ring (bicyclic) bond motifs is 1. The number of ether oxygens (including phenoxy) is 1. The van der Waals surface area contributed by atoms with Crippen LogP contribution in [0.3, 0.4) is 0 Å². The molecule has 0 spiro atoms. The summed E-state index contributed by atoms with van der Waals surface area (Å²) < 4.78 is 5.27. The van der Waals surface area contributed by atoms with E-state index in [1.54, 1.807) is 0 Å². The molecule has 0 aliphatic heterocycles. The summed E-state index contributed by atoms with van der Waals surface area (Å²) in [6, 6.07) is 18.6. The Balaban J connectivity index is 2.03. The van der Waals surface area contributed by atoms with E-state index in [2.05, 4.69) is 24.3 Å². The van der Waals surface area contributed by atoms with Gasteiger partial charge in [0.05, 0.1) is 12.5 Å². The number of hydrogen-bond acceptors (Lipinski definition) is 2. The molecule has 0 N–H and O–H groups in total.